The van der Waals surface area contributed by atoms with E-state index in [1.165, 1.54) is 6.92 Å². The fraction of sp³-hybridized carbons (Fsp3) is 0.269. The second kappa shape index (κ2) is 9.57. The number of carbonyl (C=O) groups excluding carboxylic acids is 1. The number of anilines is 2. The number of benzene rings is 3. The van der Waals surface area contributed by atoms with E-state index >= 15 is 0 Å². The maximum atomic E-state index is 13.7. The Kier molecular flexibility index (Phi) is 7.04. The van der Waals surface area contributed by atoms with Gasteiger partial charge in [0.05, 0.1) is 4.90 Å². The molecule has 0 saturated heterocycles. The van der Waals surface area contributed by atoms with Crippen molar-refractivity contribution >= 4 is 27.0 Å². The van der Waals surface area contributed by atoms with Gasteiger partial charge in [-0.25, -0.2) is 8.42 Å². The molecule has 0 aliphatic heterocycles. The normalized spacial score (nSPS) is 12.4. The van der Waals surface area contributed by atoms with Crippen LogP contribution >= 0.6 is 0 Å². The summed E-state index contributed by atoms with van der Waals surface area (Å²) in [6, 6.07) is 23.7. The van der Waals surface area contributed by atoms with E-state index in [0.29, 0.717) is 0 Å². The Hall–Kier alpha value is -3.12. The Morgan fingerprint density at radius 2 is 1.09 bits per heavy atom. The summed E-state index contributed by atoms with van der Waals surface area (Å²) in [4.78, 5) is 17.0. The van der Waals surface area contributed by atoms with Gasteiger partial charge in [0.2, 0.25) is 0 Å². The average molecular weight is 451 g/mol. The third-order valence-corrected chi connectivity index (χ3v) is 7.85. The Morgan fingerprint density at radius 1 is 0.688 bits per heavy atom. The lowest BCUT2D eigenvalue weighted by Crippen LogP contribution is -2.35. The van der Waals surface area contributed by atoms with Crippen LogP contribution in [-0.4, -0.2) is 47.6 Å². The van der Waals surface area contributed by atoms with E-state index in [2.05, 4.69) is 0 Å². The zero-order valence-corrected chi connectivity index (χ0v) is 20.0. The molecule has 0 N–H and O–H groups in total. The zero-order valence-electron chi connectivity index (χ0n) is 19.2. The second-order valence-corrected chi connectivity index (χ2v) is 10.4. The minimum atomic E-state index is -3.92. The van der Waals surface area contributed by atoms with Crippen molar-refractivity contribution in [3.63, 3.8) is 0 Å². The van der Waals surface area contributed by atoms with E-state index in [0.717, 1.165) is 22.5 Å². The number of hydrogen-bond donors (Lipinski definition) is 0. The molecule has 0 heterocycles. The molecule has 1 atom stereocenters. The van der Waals surface area contributed by atoms with Gasteiger partial charge < -0.3 is 9.80 Å². The Balaban J connectivity index is 2.20. The first-order valence-electron chi connectivity index (χ1n) is 10.5. The van der Waals surface area contributed by atoms with Crippen LogP contribution in [0.2, 0.25) is 0 Å². The lowest BCUT2D eigenvalue weighted by atomic mass is 9.86. The molecular weight excluding hydrogens is 420 g/mol. The molecule has 1 unspecified atom stereocenters. The van der Waals surface area contributed by atoms with Crippen LogP contribution in [0.1, 0.15) is 24.0 Å². The van der Waals surface area contributed by atoms with Crippen LogP contribution in [0.15, 0.2) is 83.8 Å². The highest BCUT2D eigenvalue weighted by Gasteiger charge is 2.40. The highest BCUT2D eigenvalue weighted by Crippen LogP contribution is 2.36. The van der Waals surface area contributed by atoms with Gasteiger partial charge >= 0.3 is 0 Å². The quantitative estimate of drug-likeness (QED) is 0.510. The Bertz CT molecular complexity index is 1100. The van der Waals surface area contributed by atoms with Crippen molar-refractivity contribution in [2.45, 2.75) is 23.0 Å². The summed E-state index contributed by atoms with van der Waals surface area (Å²) in [7, 11) is 3.88. The van der Waals surface area contributed by atoms with Crippen LogP contribution in [0.5, 0.6) is 0 Å². The smallest absolute Gasteiger partial charge is 0.189 e. The molecule has 0 saturated carbocycles. The summed E-state index contributed by atoms with van der Waals surface area (Å²) in [5.41, 5.74) is 3.57. The highest BCUT2D eigenvalue weighted by molar-refractivity contribution is 7.92. The molecule has 0 spiro atoms. The van der Waals surface area contributed by atoms with Crippen molar-refractivity contribution in [2.75, 3.05) is 38.0 Å². The van der Waals surface area contributed by atoms with E-state index in [-0.39, 0.29) is 10.7 Å². The number of nitrogens with zero attached hydrogens (tertiary/aromatic N) is 2. The summed E-state index contributed by atoms with van der Waals surface area (Å²) in [6.45, 7) is 1.36. The molecule has 32 heavy (non-hydrogen) atoms. The van der Waals surface area contributed by atoms with Gasteiger partial charge in [0.15, 0.2) is 9.84 Å². The monoisotopic (exact) mass is 450 g/mol. The number of rotatable bonds is 8. The molecule has 0 fully saturated rings. The van der Waals surface area contributed by atoms with E-state index in [1.807, 2.05) is 86.5 Å². The van der Waals surface area contributed by atoms with E-state index in [4.69, 9.17) is 0 Å². The van der Waals surface area contributed by atoms with Gasteiger partial charge in [0.1, 0.15) is 11.0 Å². The largest absolute Gasteiger partial charge is 0.378 e. The van der Waals surface area contributed by atoms with Crippen molar-refractivity contribution < 1.29 is 13.2 Å². The molecule has 0 aliphatic rings. The van der Waals surface area contributed by atoms with Crippen molar-refractivity contribution in [3.8, 4) is 0 Å². The third-order valence-electron chi connectivity index (χ3n) is 5.65. The van der Waals surface area contributed by atoms with Crippen LogP contribution in [0.25, 0.3) is 0 Å². The number of hydrogen-bond acceptors (Lipinski definition) is 5. The van der Waals surface area contributed by atoms with Gasteiger partial charge in [-0.3, -0.25) is 4.79 Å². The van der Waals surface area contributed by atoms with E-state index in [1.54, 1.807) is 30.3 Å². The summed E-state index contributed by atoms with van der Waals surface area (Å²) >= 11 is 0. The molecule has 0 radical (unpaired) electrons. The summed E-state index contributed by atoms with van der Waals surface area (Å²) in [5, 5.41) is -1.24. The zero-order chi connectivity index (χ0) is 23.5. The predicted octanol–water partition coefficient (Wildman–Crippen LogP) is 4.38. The molecule has 5 nitrogen and oxygen atoms in total. The van der Waals surface area contributed by atoms with Crippen molar-refractivity contribution in [1.82, 2.24) is 0 Å². The SMILES string of the molecule is CC(=O)C(C(c1ccc(N(C)C)cc1)c1ccc(N(C)C)cc1)S(=O)(=O)c1ccccc1. The van der Waals surface area contributed by atoms with Crippen molar-refractivity contribution in [2.24, 2.45) is 0 Å². The Labute approximate surface area is 191 Å². The van der Waals surface area contributed by atoms with Gasteiger partial charge in [-0.2, -0.15) is 0 Å². The fourth-order valence-corrected chi connectivity index (χ4v) is 5.83. The van der Waals surface area contributed by atoms with Gasteiger partial charge in [-0.05, 0) is 54.4 Å². The minimum Gasteiger partial charge on any atom is -0.378 e. The van der Waals surface area contributed by atoms with Crippen LogP contribution in [0.4, 0.5) is 11.4 Å². The fourth-order valence-electron chi connectivity index (χ4n) is 3.89. The molecule has 168 valence electrons. The lowest BCUT2D eigenvalue weighted by Gasteiger charge is -2.27. The number of Topliss-reactive ketones (excluding diaryl/α,β-unsaturated/α-hetero) is 1. The van der Waals surface area contributed by atoms with Gasteiger partial charge in [0, 0.05) is 45.5 Å². The molecule has 0 bridgehead atoms. The first-order valence-corrected chi connectivity index (χ1v) is 12.0. The Morgan fingerprint density at radius 3 is 1.44 bits per heavy atom. The van der Waals surface area contributed by atoms with Gasteiger partial charge in [-0.1, -0.05) is 42.5 Å². The molecule has 3 aromatic rings. The van der Waals surface area contributed by atoms with Gasteiger partial charge in [-0.15, -0.1) is 0 Å². The van der Waals surface area contributed by atoms with E-state index < -0.39 is 21.0 Å². The summed E-state index contributed by atoms with van der Waals surface area (Å²) in [6.07, 6.45) is 0. The third kappa shape index (κ3) is 4.86. The topological polar surface area (TPSA) is 57.7 Å². The number of ketones is 1. The molecule has 3 aromatic carbocycles. The van der Waals surface area contributed by atoms with Crippen LogP contribution in [-0.2, 0) is 14.6 Å². The van der Waals surface area contributed by atoms with Gasteiger partial charge in [0.25, 0.3) is 0 Å². The second-order valence-electron chi connectivity index (χ2n) is 8.34. The maximum Gasteiger partial charge on any atom is 0.189 e. The summed E-state index contributed by atoms with van der Waals surface area (Å²) < 4.78 is 27.3. The molecule has 3 rings (SSSR count). The molecule has 0 aromatic heterocycles. The first-order chi connectivity index (χ1) is 15.1. The average Bonchev–Trinajstić information content (AvgIpc) is 2.77. The minimum absolute atomic E-state index is 0.153. The highest BCUT2D eigenvalue weighted by atomic mass is 32.2. The maximum absolute atomic E-state index is 13.7. The molecule has 0 aliphatic carbocycles. The predicted molar refractivity (Wildman–Crippen MR) is 131 cm³/mol. The van der Waals surface area contributed by atoms with Crippen LogP contribution in [0.3, 0.4) is 0 Å². The number of sulfone groups is 1. The van der Waals surface area contributed by atoms with Crippen molar-refractivity contribution in [3.05, 3.63) is 90.0 Å². The van der Waals surface area contributed by atoms with Crippen LogP contribution < -0.4 is 9.80 Å². The van der Waals surface area contributed by atoms with Crippen LogP contribution in [0, 0.1) is 0 Å². The van der Waals surface area contributed by atoms with E-state index in [9.17, 15) is 13.2 Å². The first kappa shape index (κ1) is 23.5. The standard InChI is InChI=1S/C26H30N2O3S/c1-19(29)26(32(30,31)24-9-7-6-8-10-24)25(20-11-15-22(16-12-20)27(2)3)21-13-17-23(18-14-21)28(4)5/h6-18,25-26H,1-5H3. The molecular formula is C26H30N2O3S. The lowest BCUT2D eigenvalue weighted by molar-refractivity contribution is -0.116. The summed E-state index contributed by atoms with van der Waals surface area (Å²) in [5.74, 6) is -1.02. The molecule has 0 amide bonds. The number of carbonyl (C=O) groups is 1. The van der Waals surface area contributed by atoms with Crippen molar-refractivity contribution in [1.29, 1.82) is 0 Å². The molecule has 6 heteroatoms.